The van der Waals surface area contributed by atoms with Gasteiger partial charge < -0.3 is 39.7 Å². The van der Waals surface area contributed by atoms with Crippen molar-refractivity contribution in [2.75, 3.05) is 19.6 Å². The summed E-state index contributed by atoms with van der Waals surface area (Å²) in [6, 6.07) is 18.2. The van der Waals surface area contributed by atoms with Crippen LogP contribution in [0.5, 0.6) is 0 Å². The van der Waals surface area contributed by atoms with Crippen molar-refractivity contribution in [3.05, 3.63) is 71.8 Å². The summed E-state index contributed by atoms with van der Waals surface area (Å²) in [6.07, 6.45) is -2.62. The lowest BCUT2D eigenvalue weighted by Crippen LogP contribution is -2.44. The zero-order valence-corrected chi connectivity index (χ0v) is 23.5. The van der Waals surface area contributed by atoms with E-state index in [9.17, 15) is 43.1 Å². The summed E-state index contributed by atoms with van der Waals surface area (Å²) in [7, 11) is -10.2. The molecule has 41 heavy (non-hydrogen) atoms. The molecule has 0 bridgehead atoms. The first-order valence-corrected chi connectivity index (χ1v) is 16.1. The molecule has 0 radical (unpaired) electrons. The van der Waals surface area contributed by atoms with Crippen LogP contribution >= 0.6 is 15.2 Å². The van der Waals surface area contributed by atoms with Gasteiger partial charge in [-0.25, -0.2) is 0 Å². The van der Waals surface area contributed by atoms with E-state index in [0.717, 1.165) is 16.0 Å². The normalized spacial score (nSPS) is 20.0. The van der Waals surface area contributed by atoms with E-state index in [-0.39, 0.29) is 25.9 Å². The monoisotopic (exact) mass is 611 g/mol. The molecule has 2 saturated heterocycles. The summed E-state index contributed by atoms with van der Waals surface area (Å²) < 4.78 is 33.7. The van der Waals surface area contributed by atoms with Crippen molar-refractivity contribution < 1.29 is 52.6 Å². The number of hydrogen-bond donors (Lipinski definition) is 6. The number of rotatable bonds is 11. The first kappa shape index (κ1) is 31.0. The molecule has 2 amide bonds. The Labute approximate surface area is 235 Å². The highest BCUT2D eigenvalue weighted by Gasteiger charge is 2.51. The van der Waals surface area contributed by atoms with Crippen LogP contribution in [0.2, 0.25) is 0 Å². The zero-order chi connectivity index (χ0) is 29.8. The average Bonchev–Trinajstić information content (AvgIpc) is 3.72. The summed E-state index contributed by atoms with van der Waals surface area (Å²) in [4.78, 5) is 76.0. The second-order valence-corrected chi connectivity index (χ2v) is 13.4. The molecule has 2 aliphatic heterocycles. The van der Waals surface area contributed by atoms with Gasteiger partial charge in [0.15, 0.2) is 12.2 Å². The van der Waals surface area contributed by atoms with E-state index in [4.69, 9.17) is 9.47 Å². The molecule has 2 atom stereocenters. The van der Waals surface area contributed by atoms with Crippen LogP contribution in [0.3, 0.4) is 0 Å². The molecule has 14 nitrogen and oxygen atoms in total. The fourth-order valence-electron chi connectivity index (χ4n) is 4.72. The van der Waals surface area contributed by atoms with Crippen LogP contribution in [0.4, 0.5) is 0 Å². The number of esters is 1. The minimum absolute atomic E-state index is 0.0775. The Kier molecular flexibility index (Phi) is 9.78. The highest BCUT2D eigenvalue weighted by molar-refractivity contribution is 7.70. The number of carbonyl (C=O) groups excluding carboxylic acids is 3. The molecule has 0 saturated carbocycles. The second-order valence-electron chi connectivity index (χ2n) is 9.71. The van der Waals surface area contributed by atoms with Gasteiger partial charge in [0.1, 0.15) is 12.6 Å². The SMILES string of the molecule is O=C(CNC(=O)[C@H]1O[C@@H]1C(=O)NC(c1ccccc1)c1ccccc1)OC1CCN(C(P(=O)(O)O)P(=O)(O)O)CC1. The van der Waals surface area contributed by atoms with E-state index in [2.05, 4.69) is 10.6 Å². The average molecular weight is 611 g/mol. The number of nitrogens with zero attached hydrogens (tertiary/aromatic N) is 1. The van der Waals surface area contributed by atoms with Crippen molar-refractivity contribution >= 4 is 33.0 Å². The van der Waals surface area contributed by atoms with Crippen molar-refractivity contribution in [3.8, 4) is 0 Å². The molecule has 2 fully saturated rings. The molecule has 0 aliphatic carbocycles. The van der Waals surface area contributed by atoms with Crippen molar-refractivity contribution in [1.29, 1.82) is 0 Å². The van der Waals surface area contributed by atoms with Crippen LogP contribution in [-0.4, -0.2) is 85.7 Å². The van der Waals surface area contributed by atoms with Crippen LogP contribution in [0.25, 0.3) is 0 Å². The molecule has 2 heterocycles. The first-order valence-electron chi connectivity index (χ1n) is 12.7. The van der Waals surface area contributed by atoms with Gasteiger partial charge in [0.05, 0.1) is 6.04 Å². The molecule has 222 valence electrons. The molecule has 0 unspecified atom stereocenters. The molecule has 2 aliphatic rings. The number of piperidine rings is 1. The fourth-order valence-corrected chi connectivity index (χ4v) is 7.60. The highest BCUT2D eigenvalue weighted by Crippen LogP contribution is 2.61. The third-order valence-electron chi connectivity index (χ3n) is 6.67. The lowest BCUT2D eigenvalue weighted by atomic mass is 9.98. The zero-order valence-electron chi connectivity index (χ0n) is 21.7. The maximum Gasteiger partial charge on any atom is 0.354 e. The third-order valence-corrected chi connectivity index (χ3v) is 10.3. The second kappa shape index (κ2) is 12.9. The molecular weight excluding hydrogens is 580 g/mol. The quantitative estimate of drug-likeness (QED) is 0.116. The summed E-state index contributed by atoms with van der Waals surface area (Å²) in [5.41, 5.74) is -0.562. The third kappa shape index (κ3) is 8.31. The number of hydrogen-bond acceptors (Lipinski definition) is 8. The molecular formula is C25H31N3O11P2. The summed E-state index contributed by atoms with van der Waals surface area (Å²) in [5, 5.41) is 5.28. The van der Waals surface area contributed by atoms with Crippen LogP contribution in [-0.2, 0) is 33.0 Å². The van der Waals surface area contributed by atoms with E-state index in [0.29, 0.717) is 0 Å². The summed E-state index contributed by atoms with van der Waals surface area (Å²) >= 11 is 0. The number of carbonyl (C=O) groups is 3. The van der Waals surface area contributed by atoms with Crippen molar-refractivity contribution in [3.63, 3.8) is 0 Å². The number of nitrogens with one attached hydrogen (secondary N) is 2. The largest absolute Gasteiger partial charge is 0.461 e. The van der Waals surface area contributed by atoms with Crippen molar-refractivity contribution in [2.45, 2.75) is 42.7 Å². The number of epoxide rings is 1. The minimum Gasteiger partial charge on any atom is -0.461 e. The maximum absolute atomic E-state index is 12.9. The fraction of sp³-hybridized carbons (Fsp3) is 0.400. The van der Waals surface area contributed by atoms with Crippen LogP contribution in [0, 0.1) is 0 Å². The number of likely N-dealkylation sites (tertiary alicyclic amines) is 1. The van der Waals surface area contributed by atoms with Crippen molar-refractivity contribution in [1.82, 2.24) is 15.5 Å². The minimum atomic E-state index is -5.12. The van der Waals surface area contributed by atoms with Gasteiger partial charge in [0.25, 0.3) is 11.8 Å². The lowest BCUT2D eigenvalue weighted by molar-refractivity contribution is -0.151. The van der Waals surface area contributed by atoms with E-state index >= 15 is 0 Å². The molecule has 0 spiro atoms. The van der Waals surface area contributed by atoms with Gasteiger partial charge in [-0.05, 0) is 24.0 Å². The number of benzene rings is 2. The Morgan fingerprint density at radius 1 is 0.854 bits per heavy atom. The van der Waals surface area contributed by atoms with Gasteiger partial charge in [0.2, 0.25) is 5.52 Å². The molecule has 6 N–H and O–H groups in total. The first-order chi connectivity index (χ1) is 19.3. The lowest BCUT2D eigenvalue weighted by Gasteiger charge is -2.37. The van der Waals surface area contributed by atoms with E-state index in [1.165, 1.54) is 0 Å². The Hall–Kier alpha value is -2.93. The molecule has 4 rings (SSSR count). The summed E-state index contributed by atoms with van der Waals surface area (Å²) in [6.45, 7) is -0.743. The van der Waals surface area contributed by atoms with E-state index in [1.54, 1.807) is 0 Å². The standard InChI is InChI=1S/C25H31N3O11P2/c29-19(38-18-11-13-28(14-12-18)25(40(32,33)34)41(35,36)37)15-26-23(30)21-22(39-21)24(31)27-20(16-7-3-1-4-8-16)17-9-5-2-6-10-17/h1-10,18,20-22,25H,11-15H2,(H,26,30)(H,27,31)(H2,32,33,34)(H2,35,36,37)/t21-,22-/m0/s1. The predicted molar refractivity (Wildman–Crippen MR) is 143 cm³/mol. The highest BCUT2D eigenvalue weighted by atomic mass is 31.2. The molecule has 16 heteroatoms. The van der Waals surface area contributed by atoms with Gasteiger partial charge in [-0.1, -0.05) is 60.7 Å². The smallest absolute Gasteiger partial charge is 0.354 e. The van der Waals surface area contributed by atoms with Crippen LogP contribution < -0.4 is 10.6 Å². The van der Waals surface area contributed by atoms with Crippen LogP contribution in [0.1, 0.15) is 30.0 Å². The Morgan fingerprint density at radius 2 is 1.34 bits per heavy atom. The Balaban J connectivity index is 1.22. The van der Waals surface area contributed by atoms with Gasteiger partial charge in [-0.15, -0.1) is 0 Å². The van der Waals surface area contributed by atoms with Gasteiger partial charge >= 0.3 is 21.2 Å². The van der Waals surface area contributed by atoms with Gasteiger partial charge in [-0.2, -0.15) is 0 Å². The Bertz CT molecular complexity index is 1270. The van der Waals surface area contributed by atoms with Crippen LogP contribution in [0.15, 0.2) is 60.7 Å². The molecule has 2 aromatic carbocycles. The van der Waals surface area contributed by atoms with Crippen molar-refractivity contribution in [2.24, 2.45) is 0 Å². The topological polar surface area (TPSA) is 215 Å². The van der Waals surface area contributed by atoms with Gasteiger partial charge in [-0.3, -0.25) is 28.4 Å². The van der Waals surface area contributed by atoms with Gasteiger partial charge in [0, 0.05) is 13.1 Å². The molecule has 0 aromatic heterocycles. The Morgan fingerprint density at radius 3 is 1.83 bits per heavy atom. The van der Waals surface area contributed by atoms with E-state index < -0.39 is 69.4 Å². The number of amides is 2. The summed E-state index contributed by atoms with van der Waals surface area (Å²) in [5.74, 6) is -1.94. The van der Waals surface area contributed by atoms with E-state index in [1.807, 2.05) is 60.7 Å². The number of ether oxygens (including phenoxy) is 2. The predicted octanol–water partition coefficient (Wildman–Crippen LogP) is 0.422. The molecule has 2 aromatic rings. The maximum atomic E-state index is 12.9.